The molecule has 7 nitrogen and oxygen atoms in total. The quantitative estimate of drug-likeness (QED) is 0.389. The average molecular weight is 262 g/mol. The summed E-state index contributed by atoms with van der Waals surface area (Å²) in [6.07, 6.45) is 1.06. The lowest BCUT2D eigenvalue weighted by molar-refractivity contribution is -0.154. The molecular weight excluding hydrogens is 244 g/mol. The Morgan fingerprint density at radius 3 is 1.89 bits per heavy atom. The monoisotopic (exact) mass is 262 g/mol. The van der Waals surface area contributed by atoms with Crippen molar-refractivity contribution >= 4 is 11.9 Å². The molecule has 0 heterocycles. The van der Waals surface area contributed by atoms with E-state index < -0.39 is 24.6 Å². The summed E-state index contributed by atoms with van der Waals surface area (Å²) in [7, 11) is 0. The molecule has 1 atom stereocenters. The summed E-state index contributed by atoms with van der Waals surface area (Å²) in [5.41, 5.74) is 0. The molecule has 0 aliphatic rings. The van der Waals surface area contributed by atoms with E-state index in [0.29, 0.717) is 0 Å². The average Bonchev–Trinajstić information content (AvgIpc) is 2.42. The van der Waals surface area contributed by atoms with Gasteiger partial charge in [0.2, 0.25) is 0 Å². The smallest absolute Gasteiger partial charge is 0.330 e. The van der Waals surface area contributed by atoms with Gasteiger partial charge in [0, 0.05) is 12.2 Å². The van der Waals surface area contributed by atoms with Crippen molar-refractivity contribution in [3.8, 4) is 0 Å². The Labute approximate surface area is 105 Å². The number of rotatable bonds is 7. The molecular formula is C11H18O7. The molecule has 1 unspecified atom stereocenters. The van der Waals surface area contributed by atoms with Crippen LogP contribution in [0.3, 0.4) is 0 Å². The standard InChI is InChI=1S/C9H12O5.C2H6O2/c1-3-8(11)13-6-7(5-10)14-9(12)4-2;3-1-2-4/h3-4,7,10H,1-2,5-6H2;3-4H,1-2H2. The molecule has 0 aromatic carbocycles. The maximum Gasteiger partial charge on any atom is 0.330 e. The first-order valence-electron chi connectivity index (χ1n) is 5.00. The highest BCUT2D eigenvalue weighted by Crippen LogP contribution is 1.95. The molecule has 0 saturated heterocycles. The summed E-state index contributed by atoms with van der Waals surface area (Å²) >= 11 is 0. The number of hydrogen-bond acceptors (Lipinski definition) is 7. The topological polar surface area (TPSA) is 113 Å². The van der Waals surface area contributed by atoms with Crippen molar-refractivity contribution in [2.45, 2.75) is 6.10 Å². The fourth-order valence-corrected chi connectivity index (χ4v) is 0.570. The van der Waals surface area contributed by atoms with E-state index in [1.165, 1.54) is 0 Å². The number of aliphatic hydroxyl groups is 3. The number of esters is 2. The second-order valence-electron chi connectivity index (χ2n) is 2.73. The summed E-state index contributed by atoms with van der Waals surface area (Å²) in [6.45, 7) is 5.48. The van der Waals surface area contributed by atoms with Crippen LogP contribution in [-0.2, 0) is 19.1 Å². The first-order chi connectivity index (χ1) is 8.55. The predicted molar refractivity (Wildman–Crippen MR) is 62.5 cm³/mol. The van der Waals surface area contributed by atoms with E-state index in [-0.39, 0.29) is 19.8 Å². The molecule has 0 radical (unpaired) electrons. The lowest BCUT2D eigenvalue weighted by atomic mass is 10.4. The van der Waals surface area contributed by atoms with Gasteiger partial charge in [-0.25, -0.2) is 9.59 Å². The van der Waals surface area contributed by atoms with E-state index in [9.17, 15) is 9.59 Å². The molecule has 3 N–H and O–H groups in total. The molecule has 104 valence electrons. The van der Waals surface area contributed by atoms with Crippen LogP contribution in [0.5, 0.6) is 0 Å². The normalized spacial score (nSPS) is 10.4. The lowest BCUT2D eigenvalue weighted by Crippen LogP contribution is -2.27. The van der Waals surface area contributed by atoms with Gasteiger partial charge < -0.3 is 24.8 Å². The molecule has 0 aliphatic carbocycles. The van der Waals surface area contributed by atoms with Crippen molar-refractivity contribution in [1.29, 1.82) is 0 Å². The summed E-state index contributed by atoms with van der Waals surface area (Å²) in [5, 5.41) is 24.0. The maximum atomic E-state index is 10.7. The van der Waals surface area contributed by atoms with Crippen LogP contribution in [0.1, 0.15) is 0 Å². The third-order valence-corrected chi connectivity index (χ3v) is 1.33. The Bertz CT molecular complexity index is 260. The Hall–Kier alpha value is -1.70. The highest BCUT2D eigenvalue weighted by Gasteiger charge is 2.13. The molecule has 0 aromatic heterocycles. The fraction of sp³-hybridized carbons (Fsp3) is 0.455. The third kappa shape index (κ3) is 12.4. The van der Waals surface area contributed by atoms with Gasteiger partial charge in [0.1, 0.15) is 6.61 Å². The molecule has 0 spiro atoms. The van der Waals surface area contributed by atoms with Gasteiger partial charge >= 0.3 is 11.9 Å². The summed E-state index contributed by atoms with van der Waals surface area (Å²) in [5.74, 6) is -1.32. The zero-order valence-corrected chi connectivity index (χ0v) is 9.95. The van der Waals surface area contributed by atoms with Gasteiger partial charge in [0.15, 0.2) is 6.10 Å². The van der Waals surface area contributed by atoms with Crippen LogP contribution in [0.15, 0.2) is 25.3 Å². The van der Waals surface area contributed by atoms with E-state index in [1.807, 2.05) is 0 Å². The molecule has 0 fully saturated rings. The number of hydrogen-bond donors (Lipinski definition) is 3. The Morgan fingerprint density at radius 2 is 1.56 bits per heavy atom. The van der Waals surface area contributed by atoms with E-state index >= 15 is 0 Å². The van der Waals surface area contributed by atoms with Crippen molar-refractivity contribution in [2.24, 2.45) is 0 Å². The summed E-state index contributed by atoms with van der Waals surface area (Å²) in [6, 6.07) is 0. The van der Waals surface area contributed by atoms with E-state index in [0.717, 1.165) is 12.2 Å². The minimum Gasteiger partial charge on any atom is -0.458 e. The number of carbonyl (C=O) groups is 2. The predicted octanol–water partition coefficient (Wildman–Crippen LogP) is -1.22. The van der Waals surface area contributed by atoms with Crippen LogP contribution in [0.25, 0.3) is 0 Å². The van der Waals surface area contributed by atoms with Crippen molar-refractivity contribution in [2.75, 3.05) is 26.4 Å². The number of carbonyl (C=O) groups excluding carboxylic acids is 2. The van der Waals surface area contributed by atoms with Crippen LogP contribution < -0.4 is 0 Å². The first kappa shape index (κ1) is 18.7. The molecule has 0 saturated carbocycles. The van der Waals surface area contributed by atoms with Crippen molar-refractivity contribution < 1.29 is 34.4 Å². The molecule has 0 aliphatic heterocycles. The summed E-state index contributed by atoms with van der Waals surface area (Å²) in [4.78, 5) is 21.3. The highest BCUT2D eigenvalue weighted by atomic mass is 16.6. The molecule has 0 aromatic rings. The molecule has 18 heavy (non-hydrogen) atoms. The van der Waals surface area contributed by atoms with Gasteiger partial charge in [-0.2, -0.15) is 0 Å². The van der Waals surface area contributed by atoms with Crippen LogP contribution in [-0.4, -0.2) is 59.8 Å². The molecule has 7 heteroatoms. The third-order valence-electron chi connectivity index (χ3n) is 1.33. The fourth-order valence-electron chi connectivity index (χ4n) is 0.570. The van der Waals surface area contributed by atoms with Gasteiger partial charge in [-0.05, 0) is 0 Å². The first-order valence-corrected chi connectivity index (χ1v) is 5.00. The minimum atomic E-state index is -0.871. The van der Waals surface area contributed by atoms with Gasteiger partial charge in [-0.3, -0.25) is 0 Å². The van der Waals surface area contributed by atoms with E-state index in [1.54, 1.807) is 0 Å². The second kappa shape index (κ2) is 13.4. The van der Waals surface area contributed by atoms with Crippen LogP contribution in [0, 0.1) is 0 Å². The largest absolute Gasteiger partial charge is 0.458 e. The Balaban J connectivity index is 0. The zero-order valence-electron chi connectivity index (χ0n) is 9.95. The Morgan fingerprint density at radius 1 is 1.06 bits per heavy atom. The van der Waals surface area contributed by atoms with E-state index in [4.69, 9.17) is 15.3 Å². The maximum absolute atomic E-state index is 10.7. The van der Waals surface area contributed by atoms with Gasteiger partial charge in [0.25, 0.3) is 0 Å². The molecule has 0 rings (SSSR count). The van der Waals surface area contributed by atoms with Crippen molar-refractivity contribution in [1.82, 2.24) is 0 Å². The van der Waals surface area contributed by atoms with Gasteiger partial charge in [-0.1, -0.05) is 13.2 Å². The lowest BCUT2D eigenvalue weighted by Gasteiger charge is -2.13. The minimum absolute atomic E-state index is 0.125. The van der Waals surface area contributed by atoms with Gasteiger partial charge in [-0.15, -0.1) is 0 Å². The number of aliphatic hydroxyl groups excluding tert-OH is 3. The van der Waals surface area contributed by atoms with Crippen LogP contribution in [0.2, 0.25) is 0 Å². The second-order valence-corrected chi connectivity index (χ2v) is 2.73. The molecule has 0 bridgehead atoms. The highest BCUT2D eigenvalue weighted by molar-refractivity contribution is 5.82. The SMILES string of the molecule is C=CC(=O)OCC(CO)OC(=O)C=C.OCCO. The number of ether oxygens (including phenoxy) is 2. The van der Waals surface area contributed by atoms with Gasteiger partial charge in [0.05, 0.1) is 19.8 Å². The molecule has 0 amide bonds. The summed E-state index contributed by atoms with van der Waals surface area (Å²) < 4.78 is 9.19. The van der Waals surface area contributed by atoms with Crippen LogP contribution in [0.4, 0.5) is 0 Å². The van der Waals surface area contributed by atoms with Crippen LogP contribution >= 0.6 is 0 Å². The zero-order chi connectivity index (χ0) is 14.4. The Kier molecular flexibility index (Phi) is 13.9. The van der Waals surface area contributed by atoms with E-state index in [2.05, 4.69) is 22.6 Å². The van der Waals surface area contributed by atoms with Crippen molar-refractivity contribution in [3.63, 3.8) is 0 Å². The van der Waals surface area contributed by atoms with Crippen molar-refractivity contribution in [3.05, 3.63) is 25.3 Å².